The Kier molecular flexibility index (Phi) is 5.08. The minimum absolute atomic E-state index is 0.323. The molecule has 0 aliphatic rings. The molecule has 3 nitrogen and oxygen atoms in total. The van der Waals surface area contributed by atoms with Gasteiger partial charge in [0.15, 0.2) is 0 Å². The van der Waals surface area contributed by atoms with Crippen LogP contribution in [0, 0.1) is 0 Å². The van der Waals surface area contributed by atoms with Gasteiger partial charge in [0.1, 0.15) is 4.60 Å². The largest absolute Gasteiger partial charge is 0.321 e. The van der Waals surface area contributed by atoms with Crippen molar-refractivity contribution in [2.45, 2.75) is 10.7 Å². The van der Waals surface area contributed by atoms with E-state index in [4.69, 9.17) is 0 Å². The number of pyridine rings is 1. The monoisotopic (exact) mass is 358 g/mol. The van der Waals surface area contributed by atoms with Gasteiger partial charge in [0.2, 0.25) is 0 Å². The van der Waals surface area contributed by atoms with E-state index < -0.39 is 5.76 Å². The van der Waals surface area contributed by atoms with Gasteiger partial charge in [-0.3, -0.25) is 4.79 Å². The van der Waals surface area contributed by atoms with E-state index in [1.54, 1.807) is 30.3 Å². The molecule has 2 aromatic rings. The molecular weight excluding hydrogens is 350 g/mol. The Balaban J connectivity index is 2.19. The number of alkyl halides is 2. The molecule has 0 atom stereocenters. The number of thioether (sulfide) groups is 1. The number of carbonyl (C=O) groups excluding carboxylic acids is 1. The maximum absolute atomic E-state index is 12.4. The highest BCUT2D eigenvalue weighted by molar-refractivity contribution is 9.10. The molecule has 20 heavy (non-hydrogen) atoms. The SMILES string of the molecule is O=C(Nc1ccccc1SC(F)F)c1ccnc(Br)c1. The van der Waals surface area contributed by atoms with E-state index in [0.29, 0.717) is 32.5 Å². The van der Waals surface area contributed by atoms with Gasteiger partial charge in [0.25, 0.3) is 11.7 Å². The van der Waals surface area contributed by atoms with Crippen molar-refractivity contribution in [2.24, 2.45) is 0 Å². The van der Waals surface area contributed by atoms with Gasteiger partial charge < -0.3 is 5.32 Å². The molecule has 0 saturated heterocycles. The first-order valence-electron chi connectivity index (χ1n) is 5.53. The minimum Gasteiger partial charge on any atom is -0.321 e. The highest BCUT2D eigenvalue weighted by Gasteiger charge is 2.13. The standard InChI is InChI=1S/C13H9BrF2N2OS/c14-11-7-8(5-6-17-11)12(19)18-9-3-1-2-4-10(9)20-13(15)16/h1-7,13H,(H,18,19). The highest BCUT2D eigenvalue weighted by atomic mass is 79.9. The third kappa shape index (κ3) is 4.01. The van der Waals surface area contributed by atoms with Crippen LogP contribution in [0.2, 0.25) is 0 Å². The van der Waals surface area contributed by atoms with E-state index in [1.807, 2.05) is 0 Å². The lowest BCUT2D eigenvalue weighted by Gasteiger charge is -2.10. The quantitative estimate of drug-likeness (QED) is 0.650. The Hall–Kier alpha value is -1.47. The molecule has 1 aromatic heterocycles. The molecule has 1 N–H and O–H groups in total. The molecule has 0 fully saturated rings. The molecule has 0 aliphatic carbocycles. The molecule has 0 unspecified atom stereocenters. The van der Waals surface area contributed by atoms with Crippen LogP contribution in [-0.2, 0) is 0 Å². The summed E-state index contributed by atoms with van der Waals surface area (Å²) < 4.78 is 25.4. The van der Waals surface area contributed by atoms with Gasteiger partial charge in [-0.05, 0) is 40.2 Å². The van der Waals surface area contributed by atoms with Crippen molar-refractivity contribution < 1.29 is 13.6 Å². The van der Waals surface area contributed by atoms with Crippen LogP contribution in [0.15, 0.2) is 52.1 Å². The number of halogens is 3. The molecular formula is C13H9BrF2N2OS. The van der Waals surface area contributed by atoms with Gasteiger partial charge in [0.05, 0.1) is 5.69 Å². The molecule has 1 amide bonds. The van der Waals surface area contributed by atoms with Crippen molar-refractivity contribution in [2.75, 3.05) is 5.32 Å². The Morgan fingerprint density at radius 3 is 2.75 bits per heavy atom. The zero-order chi connectivity index (χ0) is 14.5. The molecule has 0 aliphatic heterocycles. The Labute approximate surface area is 126 Å². The van der Waals surface area contributed by atoms with E-state index in [1.165, 1.54) is 12.3 Å². The molecule has 2 rings (SSSR count). The number of nitrogens with zero attached hydrogens (tertiary/aromatic N) is 1. The third-order valence-corrected chi connectivity index (χ3v) is 3.56. The lowest BCUT2D eigenvalue weighted by molar-refractivity contribution is 0.102. The second-order valence-corrected chi connectivity index (χ2v) is 5.54. The molecule has 7 heteroatoms. The number of para-hydroxylation sites is 1. The molecule has 0 radical (unpaired) electrons. The average molecular weight is 359 g/mol. The topological polar surface area (TPSA) is 42.0 Å². The summed E-state index contributed by atoms with van der Waals surface area (Å²) in [5.41, 5.74) is 0.749. The zero-order valence-corrected chi connectivity index (χ0v) is 12.4. The number of anilines is 1. The summed E-state index contributed by atoms with van der Waals surface area (Å²) in [4.78, 5) is 16.3. The van der Waals surface area contributed by atoms with Crippen molar-refractivity contribution in [3.63, 3.8) is 0 Å². The first-order valence-corrected chi connectivity index (χ1v) is 7.20. The van der Waals surface area contributed by atoms with E-state index in [9.17, 15) is 13.6 Å². The predicted molar refractivity (Wildman–Crippen MR) is 78.2 cm³/mol. The van der Waals surface area contributed by atoms with E-state index in [-0.39, 0.29) is 5.91 Å². The average Bonchev–Trinajstić information content (AvgIpc) is 2.40. The summed E-state index contributed by atoms with van der Waals surface area (Å²) in [6.45, 7) is 0. The van der Waals surface area contributed by atoms with Crippen LogP contribution < -0.4 is 5.32 Å². The van der Waals surface area contributed by atoms with Gasteiger partial charge >= 0.3 is 0 Å². The van der Waals surface area contributed by atoms with Gasteiger partial charge in [0, 0.05) is 16.7 Å². The Bertz CT molecular complexity index is 625. The number of hydrogen-bond donors (Lipinski definition) is 1. The molecule has 0 bridgehead atoms. The summed E-state index contributed by atoms with van der Waals surface area (Å²) in [5, 5.41) is 2.62. The lowest BCUT2D eigenvalue weighted by Crippen LogP contribution is -2.12. The summed E-state index contributed by atoms with van der Waals surface area (Å²) in [6, 6.07) is 9.53. The van der Waals surface area contributed by atoms with Gasteiger partial charge in [-0.15, -0.1) is 0 Å². The predicted octanol–water partition coefficient (Wildman–Crippen LogP) is 4.41. The van der Waals surface area contributed by atoms with Crippen molar-refractivity contribution >= 4 is 39.3 Å². The van der Waals surface area contributed by atoms with Gasteiger partial charge in [-0.2, -0.15) is 8.78 Å². The summed E-state index contributed by atoms with van der Waals surface area (Å²) >= 11 is 3.56. The molecule has 1 aromatic carbocycles. The first-order chi connectivity index (χ1) is 9.56. The van der Waals surface area contributed by atoms with E-state index >= 15 is 0 Å². The fraction of sp³-hybridized carbons (Fsp3) is 0.0769. The van der Waals surface area contributed by atoms with Crippen LogP contribution >= 0.6 is 27.7 Å². The van der Waals surface area contributed by atoms with Crippen molar-refractivity contribution in [3.05, 3.63) is 52.8 Å². The number of rotatable bonds is 4. The third-order valence-electron chi connectivity index (χ3n) is 2.34. The fourth-order valence-electron chi connectivity index (χ4n) is 1.51. The summed E-state index contributed by atoms with van der Waals surface area (Å²) in [7, 11) is 0. The molecule has 0 spiro atoms. The summed E-state index contributed by atoms with van der Waals surface area (Å²) in [5.74, 6) is -2.92. The minimum atomic E-state index is -2.54. The second kappa shape index (κ2) is 6.81. The molecule has 1 heterocycles. The van der Waals surface area contributed by atoms with E-state index in [0.717, 1.165) is 0 Å². The zero-order valence-electron chi connectivity index (χ0n) is 10.0. The number of amides is 1. The van der Waals surface area contributed by atoms with Crippen LogP contribution in [0.1, 0.15) is 10.4 Å². The van der Waals surface area contributed by atoms with Crippen LogP contribution in [0.25, 0.3) is 0 Å². The number of aromatic nitrogens is 1. The van der Waals surface area contributed by atoms with Crippen molar-refractivity contribution in [1.29, 1.82) is 0 Å². The maximum atomic E-state index is 12.4. The first kappa shape index (κ1) is 14.9. The van der Waals surface area contributed by atoms with Crippen molar-refractivity contribution in [1.82, 2.24) is 4.98 Å². The maximum Gasteiger partial charge on any atom is 0.288 e. The fourth-order valence-corrected chi connectivity index (χ4v) is 2.47. The molecule has 0 saturated carbocycles. The van der Waals surface area contributed by atoms with Crippen LogP contribution in [-0.4, -0.2) is 16.6 Å². The Morgan fingerprint density at radius 2 is 2.05 bits per heavy atom. The normalized spacial score (nSPS) is 10.6. The van der Waals surface area contributed by atoms with Gasteiger partial charge in [-0.1, -0.05) is 23.9 Å². The van der Waals surface area contributed by atoms with Crippen LogP contribution in [0.5, 0.6) is 0 Å². The molecule has 104 valence electrons. The number of nitrogens with one attached hydrogen (secondary N) is 1. The lowest BCUT2D eigenvalue weighted by atomic mass is 10.2. The number of hydrogen-bond acceptors (Lipinski definition) is 3. The van der Waals surface area contributed by atoms with Crippen LogP contribution in [0.3, 0.4) is 0 Å². The number of benzene rings is 1. The number of carbonyl (C=O) groups is 1. The van der Waals surface area contributed by atoms with Crippen molar-refractivity contribution in [3.8, 4) is 0 Å². The van der Waals surface area contributed by atoms with E-state index in [2.05, 4.69) is 26.2 Å². The second-order valence-electron chi connectivity index (χ2n) is 3.70. The highest BCUT2D eigenvalue weighted by Crippen LogP contribution is 2.31. The smallest absolute Gasteiger partial charge is 0.288 e. The van der Waals surface area contributed by atoms with Crippen LogP contribution in [0.4, 0.5) is 14.5 Å². The van der Waals surface area contributed by atoms with Gasteiger partial charge in [-0.25, -0.2) is 4.98 Å². The Morgan fingerprint density at radius 1 is 1.30 bits per heavy atom. The summed E-state index contributed by atoms with van der Waals surface area (Å²) in [6.07, 6.45) is 1.48.